The van der Waals surface area contributed by atoms with Gasteiger partial charge < -0.3 is 10.6 Å². The van der Waals surface area contributed by atoms with Crippen molar-refractivity contribution in [2.24, 2.45) is 0 Å². The van der Waals surface area contributed by atoms with Crippen molar-refractivity contribution in [1.82, 2.24) is 15.3 Å². The van der Waals surface area contributed by atoms with Gasteiger partial charge in [-0.1, -0.05) is 12.1 Å². The minimum Gasteiger partial charge on any atom is -0.369 e. The maximum atomic E-state index is 11.9. The van der Waals surface area contributed by atoms with E-state index in [1.807, 2.05) is 26.0 Å². The van der Waals surface area contributed by atoms with Crippen molar-refractivity contribution in [3.63, 3.8) is 0 Å². The highest BCUT2D eigenvalue weighted by atomic mass is 16.1. The predicted molar refractivity (Wildman–Crippen MR) is 106 cm³/mol. The fourth-order valence-electron chi connectivity index (χ4n) is 2.93. The van der Waals surface area contributed by atoms with Gasteiger partial charge in [0.25, 0.3) is 5.91 Å². The third kappa shape index (κ3) is 4.39. The van der Waals surface area contributed by atoms with Crippen LogP contribution in [0.25, 0.3) is 10.9 Å². The number of nitrogens with one attached hydrogen (secondary N) is 2. The monoisotopic (exact) mass is 359 g/mol. The molecule has 0 radical (unpaired) electrons. The van der Waals surface area contributed by atoms with Crippen LogP contribution in [0.3, 0.4) is 0 Å². The van der Waals surface area contributed by atoms with Gasteiger partial charge in [-0.2, -0.15) is 5.26 Å². The molecule has 1 amide bonds. The molecule has 0 aliphatic heterocycles. The number of anilines is 1. The van der Waals surface area contributed by atoms with Crippen molar-refractivity contribution in [1.29, 1.82) is 5.26 Å². The Hall–Kier alpha value is -3.46. The molecule has 0 aliphatic carbocycles. The van der Waals surface area contributed by atoms with E-state index in [0.29, 0.717) is 36.6 Å². The van der Waals surface area contributed by atoms with Crippen molar-refractivity contribution in [3.05, 3.63) is 65.0 Å². The first kappa shape index (κ1) is 18.3. The van der Waals surface area contributed by atoms with E-state index in [2.05, 4.69) is 32.7 Å². The molecule has 2 aromatic heterocycles. The van der Waals surface area contributed by atoms with E-state index in [4.69, 9.17) is 0 Å². The zero-order valence-electron chi connectivity index (χ0n) is 15.4. The van der Waals surface area contributed by atoms with E-state index in [0.717, 1.165) is 22.0 Å². The van der Waals surface area contributed by atoms with E-state index in [-0.39, 0.29) is 5.91 Å². The van der Waals surface area contributed by atoms with Crippen LogP contribution in [0.15, 0.2) is 42.6 Å². The number of aromatic nitrogens is 2. The first-order valence-corrected chi connectivity index (χ1v) is 8.83. The number of carbonyl (C=O) groups excluding carboxylic acids is 1. The fourth-order valence-corrected chi connectivity index (χ4v) is 2.93. The quantitative estimate of drug-likeness (QED) is 0.659. The molecule has 6 nitrogen and oxygen atoms in total. The lowest BCUT2D eigenvalue weighted by Gasteiger charge is -2.11. The van der Waals surface area contributed by atoms with Crippen LogP contribution in [0, 0.1) is 25.2 Å². The van der Waals surface area contributed by atoms with Crippen molar-refractivity contribution < 1.29 is 4.79 Å². The topological polar surface area (TPSA) is 90.7 Å². The summed E-state index contributed by atoms with van der Waals surface area (Å²) in [6.07, 6.45) is 2.30. The van der Waals surface area contributed by atoms with Gasteiger partial charge in [0.1, 0.15) is 17.6 Å². The van der Waals surface area contributed by atoms with Crippen LogP contribution >= 0.6 is 0 Å². The molecule has 6 heteroatoms. The maximum Gasteiger partial charge on any atom is 0.269 e. The largest absolute Gasteiger partial charge is 0.369 e. The SMILES string of the molecule is Cc1cc(C)c2cc(C#N)c(NCCCNC(=O)c3ccccn3)nc2c1. The Morgan fingerprint density at radius 3 is 2.78 bits per heavy atom. The summed E-state index contributed by atoms with van der Waals surface area (Å²) in [5, 5.41) is 16.5. The van der Waals surface area contributed by atoms with Gasteiger partial charge in [0.2, 0.25) is 0 Å². The highest BCUT2D eigenvalue weighted by Crippen LogP contribution is 2.24. The lowest BCUT2D eigenvalue weighted by molar-refractivity contribution is 0.0948. The minimum absolute atomic E-state index is 0.192. The summed E-state index contributed by atoms with van der Waals surface area (Å²) in [7, 11) is 0. The van der Waals surface area contributed by atoms with Crippen LogP contribution in [-0.2, 0) is 0 Å². The molecule has 2 N–H and O–H groups in total. The zero-order chi connectivity index (χ0) is 19.2. The summed E-state index contributed by atoms with van der Waals surface area (Å²) in [4.78, 5) is 20.6. The van der Waals surface area contributed by atoms with Crippen molar-refractivity contribution in [2.45, 2.75) is 20.3 Å². The Bertz CT molecular complexity index is 1010. The number of fused-ring (bicyclic) bond motifs is 1. The van der Waals surface area contributed by atoms with Crippen molar-refractivity contribution in [2.75, 3.05) is 18.4 Å². The predicted octanol–water partition coefficient (Wildman–Crippen LogP) is 3.35. The molecule has 0 fully saturated rings. The summed E-state index contributed by atoms with van der Waals surface area (Å²) >= 11 is 0. The van der Waals surface area contributed by atoms with Crippen LogP contribution in [0.2, 0.25) is 0 Å². The molecule has 2 heterocycles. The van der Waals surface area contributed by atoms with Gasteiger partial charge in [-0.05, 0) is 55.7 Å². The van der Waals surface area contributed by atoms with Gasteiger partial charge in [-0.3, -0.25) is 9.78 Å². The second-order valence-electron chi connectivity index (χ2n) is 6.40. The second-order valence-corrected chi connectivity index (χ2v) is 6.40. The molecule has 27 heavy (non-hydrogen) atoms. The van der Waals surface area contributed by atoms with Gasteiger partial charge in [-0.25, -0.2) is 4.98 Å². The summed E-state index contributed by atoms with van der Waals surface area (Å²) in [6, 6.07) is 13.4. The van der Waals surface area contributed by atoms with E-state index in [9.17, 15) is 10.1 Å². The number of nitrogens with zero attached hydrogens (tertiary/aromatic N) is 3. The smallest absolute Gasteiger partial charge is 0.269 e. The molecule has 136 valence electrons. The van der Waals surface area contributed by atoms with Gasteiger partial charge in [-0.15, -0.1) is 0 Å². The molecule has 0 spiro atoms. The van der Waals surface area contributed by atoms with E-state index < -0.39 is 0 Å². The maximum absolute atomic E-state index is 11.9. The lowest BCUT2D eigenvalue weighted by atomic mass is 10.0. The molecular formula is C21H21N5O. The number of amides is 1. The summed E-state index contributed by atoms with van der Waals surface area (Å²) < 4.78 is 0. The molecule has 0 saturated heterocycles. The molecule has 3 rings (SSSR count). The average molecular weight is 359 g/mol. The Kier molecular flexibility index (Phi) is 5.62. The normalized spacial score (nSPS) is 10.4. The second kappa shape index (κ2) is 8.28. The fraction of sp³-hybridized carbons (Fsp3) is 0.238. The highest BCUT2D eigenvalue weighted by Gasteiger charge is 2.09. The average Bonchev–Trinajstić information content (AvgIpc) is 2.67. The number of carbonyl (C=O) groups is 1. The van der Waals surface area contributed by atoms with Crippen LogP contribution in [0.1, 0.15) is 33.6 Å². The molecule has 0 atom stereocenters. The van der Waals surface area contributed by atoms with Gasteiger partial charge in [0.05, 0.1) is 11.1 Å². The van der Waals surface area contributed by atoms with Gasteiger partial charge in [0, 0.05) is 24.7 Å². The zero-order valence-corrected chi connectivity index (χ0v) is 15.4. The summed E-state index contributed by atoms with van der Waals surface area (Å²) in [6.45, 7) is 5.16. The third-order valence-corrected chi connectivity index (χ3v) is 4.23. The number of aryl methyl sites for hydroxylation is 2. The Labute approximate surface area is 158 Å². The lowest BCUT2D eigenvalue weighted by Crippen LogP contribution is -2.26. The number of pyridine rings is 2. The number of hydrogen-bond donors (Lipinski definition) is 2. The van der Waals surface area contributed by atoms with Gasteiger partial charge >= 0.3 is 0 Å². The Morgan fingerprint density at radius 2 is 2.04 bits per heavy atom. The van der Waals surface area contributed by atoms with E-state index in [1.54, 1.807) is 24.4 Å². The molecule has 0 bridgehead atoms. The molecular weight excluding hydrogens is 338 g/mol. The molecule has 0 aliphatic rings. The molecule has 1 aromatic carbocycles. The van der Waals surface area contributed by atoms with Crippen molar-refractivity contribution in [3.8, 4) is 6.07 Å². The first-order valence-electron chi connectivity index (χ1n) is 8.83. The van der Waals surface area contributed by atoms with Gasteiger partial charge in [0.15, 0.2) is 0 Å². The van der Waals surface area contributed by atoms with E-state index in [1.165, 1.54) is 0 Å². The van der Waals surface area contributed by atoms with Crippen LogP contribution in [-0.4, -0.2) is 29.0 Å². The minimum atomic E-state index is -0.192. The highest BCUT2D eigenvalue weighted by molar-refractivity contribution is 5.92. The van der Waals surface area contributed by atoms with Crippen LogP contribution in [0.5, 0.6) is 0 Å². The number of nitriles is 1. The summed E-state index contributed by atoms with van der Waals surface area (Å²) in [5.41, 5.74) is 4.04. The molecule has 0 unspecified atom stereocenters. The van der Waals surface area contributed by atoms with E-state index >= 15 is 0 Å². The Morgan fingerprint density at radius 1 is 1.19 bits per heavy atom. The number of benzene rings is 1. The number of rotatable bonds is 6. The molecule has 0 saturated carbocycles. The number of hydrogen-bond acceptors (Lipinski definition) is 5. The van der Waals surface area contributed by atoms with Crippen LogP contribution in [0.4, 0.5) is 5.82 Å². The first-order chi connectivity index (χ1) is 13.1. The molecule has 3 aromatic rings. The Balaban J connectivity index is 1.60. The standard InChI is InChI=1S/C21H21N5O/c1-14-10-15(2)17-12-16(13-22)20(26-19(17)11-14)24-8-5-9-25-21(27)18-6-3-4-7-23-18/h3-4,6-7,10-12H,5,8-9H2,1-2H3,(H,24,26)(H,25,27). The summed E-state index contributed by atoms with van der Waals surface area (Å²) in [5.74, 6) is 0.383. The van der Waals surface area contributed by atoms with Crippen molar-refractivity contribution >= 4 is 22.6 Å². The third-order valence-electron chi connectivity index (χ3n) is 4.23. The van der Waals surface area contributed by atoms with Crippen LogP contribution < -0.4 is 10.6 Å².